The monoisotopic (exact) mass is 412 g/mol. The molecule has 1 aliphatic heterocycles. The van der Waals surface area contributed by atoms with Gasteiger partial charge in [0.15, 0.2) is 0 Å². The van der Waals surface area contributed by atoms with Crippen LogP contribution in [0.2, 0.25) is 0 Å². The van der Waals surface area contributed by atoms with Gasteiger partial charge in [0, 0.05) is 7.05 Å². The van der Waals surface area contributed by atoms with Crippen LogP contribution in [0, 0.1) is 5.92 Å². The van der Waals surface area contributed by atoms with Crippen molar-refractivity contribution in [2.75, 3.05) is 13.7 Å². The van der Waals surface area contributed by atoms with Crippen LogP contribution in [0.3, 0.4) is 0 Å². The van der Waals surface area contributed by atoms with Crippen LogP contribution in [0.25, 0.3) is 0 Å². The molecular formula is C23H28N2O5. The van der Waals surface area contributed by atoms with E-state index in [0.717, 1.165) is 16.1 Å². The Morgan fingerprint density at radius 1 is 1.13 bits per heavy atom. The number of aliphatic hydroxyl groups is 1. The molecule has 160 valence electrons. The number of imide groups is 1. The molecule has 7 heteroatoms. The van der Waals surface area contributed by atoms with Crippen molar-refractivity contribution in [2.45, 2.75) is 38.7 Å². The van der Waals surface area contributed by atoms with E-state index in [0.29, 0.717) is 6.61 Å². The third-order valence-electron chi connectivity index (χ3n) is 5.45. The lowest BCUT2D eigenvalue weighted by Gasteiger charge is -2.43. The van der Waals surface area contributed by atoms with Crippen molar-refractivity contribution in [3.63, 3.8) is 0 Å². The van der Waals surface area contributed by atoms with E-state index in [1.807, 2.05) is 67.6 Å². The molecule has 0 saturated carbocycles. The van der Waals surface area contributed by atoms with Crippen molar-refractivity contribution in [1.82, 2.24) is 10.0 Å². The molecular weight excluding hydrogens is 384 g/mol. The Balaban J connectivity index is 1.60. The Kier molecular flexibility index (Phi) is 7.20. The Labute approximate surface area is 176 Å². The van der Waals surface area contributed by atoms with Crippen molar-refractivity contribution in [3.05, 3.63) is 71.8 Å². The Hall–Kier alpha value is -2.74. The van der Waals surface area contributed by atoms with E-state index in [9.17, 15) is 14.7 Å². The van der Waals surface area contributed by atoms with E-state index < -0.39 is 30.1 Å². The number of ether oxygens (including phenoxy) is 2. The molecule has 0 aromatic heterocycles. The van der Waals surface area contributed by atoms with E-state index in [1.54, 1.807) is 19.0 Å². The fourth-order valence-corrected chi connectivity index (χ4v) is 3.37. The number of cyclic esters (lactones) is 1. The Morgan fingerprint density at radius 3 is 2.37 bits per heavy atom. The molecule has 2 aromatic rings. The summed E-state index contributed by atoms with van der Waals surface area (Å²) < 4.78 is 11.1. The lowest BCUT2D eigenvalue weighted by molar-refractivity contribution is -0.170. The van der Waals surface area contributed by atoms with Gasteiger partial charge in [-0.1, -0.05) is 67.6 Å². The second kappa shape index (κ2) is 9.84. The molecule has 0 radical (unpaired) electrons. The molecule has 1 aliphatic rings. The molecule has 1 fully saturated rings. The standard InChI is InChI=1S/C23H28N2O5/c1-16(20(26)15-29-14-18-10-6-4-7-11-18)22(27)25-23(28)30-21(17(2)24(25)3)19-12-8-5-9-13-19/h4-13,16-17,20-21,26H,14-15H2,1-3H3/t16-,17-,20+,21-/m0/s1. The van der Waals surface area contributed by atoms with E-state index in [1.165, 1.54) is 0 Å². The largest absolute Gasteiger partial charge is 0.438 e. The van der Waals surface area contributed by atoms with Crippen molar-refractivity contribution in [3.8, 4) is 0 Å². The summed E-state index contributed by atoms with van der Waals surface area (Å²) in [5.41, 5.74) is 1.84. The van der Waals surface area contributed by atoms with Gasteiger partial charge in [-0.3, -0.25) is 4.79 Å². The Bertz CT molecular complexity index is 845. The number of hydrogen-bond donors (Lipinski definition) is 1. The van der Waals surface area contributed by atoms with Crippen LogP contribution in [0.1, 0.15) is 31.1 Å². The van der Waals surface area contributed by atoms with E-state index >= 15 is 0 Å². The highest BCUT2D eigenvalue weighted by Gasteiger charge is 2.43. The first-order valence-corrected chi connectivity index (χ1v) is 10.0. The zero-order chi connectivity index (χ0) is 21.7. The van der Waals surface area contributed by atoms with Gasteiger partial charge in [-0.05, 0) is 18.1 Å². The molecule has 1 saturated heterocycles. The second-order valence-electron chi connectivity index (χ2n) is 7.54. The van der Waals surface area contributed by atoms with Crippen LogP contribution in [0.4, 0.5) is 4.79 Å². The quantitative estimate of drug-likeness (QED) is 0.753. The zero-order valence-corrected chi connectivity index (χ0v) is 17.5. The first-order valence-electron chi connectivity index (χ1n) is 10.0. The van der Waals surface area contributed by atoms with Gasteiger partial charge in [0.05, 0.1) is 31.3 Å². The summed E-state index contributed by atoms with van der Waals surface area (Å²) >= 11 is 0. The summed E-state index contributed by atoms with van der Waals surface area (Å²) in [6, 6.07) is 18.7. The van der Waals surface area contributed by atoms with Gasteiger partial charge in [-0.15, -0.1) is 0 Å². The number of benzene rings is 2. The smallest absolute Gasteiger partial charge is 0.432 e. The summed E-state index contributed by atoms with van der Waals surface area (Å²) in [4.78, 5) is 25.6. The van der Waals surface area contributed by atoms with E-state index in [2.05, 4.69) is 0 Å². The molecule has 30 heavy (non-hydrogen) atoms. The molecule has 3 rings (SSSR count). The van der Waals surface area contributed by atoms with Crippen LogP contribution in [-0.4, -0.2) is 52.9 Å². The van der Waals surface area contributed by atoms with Crippen molar-refractivity contribution in [2.24, 2.45) is 5.92 Å². The average molecular weight is 412 g/mol. The van der Waals surface area contributed by atoms with Gasteiger partial charge in [0.2, 0.25) is 0 Å². The van der Waals surface area contributed by atoms with E-state index in [4.69, 9.17) is 9.47 Å². The molecule has 2 amide bonds. The van der Waals surface area contributed by atoms with Gasteiger partial charge in [-0.25, -0.2) is 9.80 Å². The highest BCUT2D eigenvalue weighted by atomic mass is 16.6. The fourth-order valence-electron chi connectivity index (χ4n) is 3.37. The normalized spacial score (nSPS) is 21.7. The van der Waals surface area contributed by atoms with Gasteiger partial charge < -0.3 is 14.6 Å². The predicted molar refractivity (Wildman–Crippen MR) is 111 cm³/mol. The molecule has 7 nitrogen and oxygen atoms in total. The third kappa shape index (κ3) is 4.87. The number of aliphatic hydroxyl groups excluding tert-OH is 1. The zero-order valence-electron chi connectivity index (χ0n) is 17.5. The number of nitrogens with zero attached hydrogens (tertiary/aromatic N) is 2. The average Bonchev–Trinajstić information content (AvgIpc) is 2.77. The first kappa shape index (κ1) is 22.0. The first-order chi connectivity index (χ1) is 14.4. The minimum Gasteiger partial charge on any atom is -0.438 e. The summed E-state index contributed by atoms with van der Waals surface area (Å²) in [6.45, 7) is 3.78. The van der Waals surface area contributed by atoms with Crippen LogP contribution >= 0.6 is 0 Å². The van der Waals surface area contributed by atoms with Crippen molar-refractivity contribution >= 4 is 12.0 Å². The van der Waals surface area contributed by atoms with E-state index in [-0.39, 0.29) is 12.6 Å². The molecule has 1 heterocycles. The molecule has 0 unspecified atom stereocenters. The lowest BCUT2D eigenvalue weighted by atomic mass is 10.0. The number of rotatable bonds is 7. The fraction of sp³-hybridized carbons (Fsp3) is 0.391. The molecule has 2 aromatic carbocycles. The van der Waals surface area contributed by atoms with Crippen molar-refractivity contribution < 1.29 is 24.2 Å². The maximum atomic E-state index is 13.0. The van der Waals surface area contributed by atoms with Gasteiger partial charge in [0.25, 0.3) is 5.91 Å². The minimum atomic E-state index is -1.05. The van der Waals surface area contributed by atoms with Crippen molar-refractivity contribution in [1.29, 1.82) is 0 Å². The van der Waals surface area contributed by atoms with Gasteiger partial charge in [-0.2, -0.15) is 5.01 Å². The highest BCUT2D eigenvalue weighted by Crippen LogP contribution is 2.31. The molecule has 0 bridgehead atoms. The highest BCUT2D eigenvalue weighted by molar-refractivity contribution is 5.93. The predicted octanol–water partition coefficient (Wildman–Crippen LogP) is 3.16. The minimum absolute atomic E-state index is 0.0173. The molecule has 0 spiro atoms. The summed E-state index contributed by atoms with van der Waals surface area (Å²) in [6.07, 6.45) is -2.29. The topological polar surface area (TPSA) is 79.3 Å². The van der Waals surface area contributed by atoms with Crippen LogP contribution in [-0.2, 0) is 20.9 Å². The third-order valence-corrected chi connectivity index (χ3v) is 5.45. The van der Waals surface area contributed by atoms with Gasteiger partial charge in [0.1, 0.15) is 6.10 Å². The number of hydrogen-bond acceptors (Lipinski definition) is 6. The number of carbonyl (C=O) groups excluding carboxylic acids is 2. The lowest BCUT2D eigenvalue weighted by Crippen LogP contribution is -2.60. The Morgan fingerprint density at radius 2 is 1.73 bits per heavy atom. The summed E-state index contributed by atoms with van der Waals surface area (Å²) in [7, 11) is 1.67. The number of hydrazine groups is 1. The SMILES string of the molecule is C[C@H](C(=O)N1C(=O)O[C@H](c2ccccc2)[C@H](C)N1C)[C@H](O)COCc1ccccc1. The van der Waals surface area contributed by atoms with Gasteiger partial charge >= 0.3 is 6.09 Å². The number of amides is 2. The molecule has 0 aliphatic carbocycles. The van der Waals surface area contributed by atoms with Crippen LogP contribution in [0.5, 0.6) is 0 Å². The molecule has 1 N–H and O–H groups in total. The summed E-state index contributed by atoms with van der Waals surface area (Å²) in [5, 5.41) is 13.0. The van der Waals surface area contributed by atoms with Crippen LogP contribution < -0.4 is 0 Å². The summed E-state index contributed by atoms with van der Waals surface area (Å²) in [5.74, 6) is -1.37. The molecule has 4 atom stereocenters. The maximum absolute atomic E-state index is 13.0. The second-order valence-corrected chi connectivity index (χ2v) is 7.54. The maximum Gasteiger partial charge on any atom is 0.432 e. The number of carbonyl (C=O) groups is 2. The number of likely N-dealkylation sites (N-methyl/N-ethyl adjacent to an activating group) is 1. The van der Waals surface area contributed by atoms with Crippen LogP contribution in [0.15, 0.2) is 60.7 Å².